The minimum absolute atomic E-state index is 0.155. The van der Waals surface area contributed by atoms with Crippen LogP contribution in [0.15, 0.2) is 66.4 Å². The first-order valence-electron chi connectivity index (χ1n) is 11.1. The van der Waals surface area contributed by atoms with Gasteiger partial charge in [-0.15, -0.1) is 0 Å². The van der Waals surface area contributed by atoms with Crippen molar-refractivity contribution >= 4 is 26.7 Å². The number of allylic oxidation sites excluding steroid dienone is 1. The van der Waals surface area contributed by atoms with E-state index in [0.29, 0.717) is 18.4 Å². The Labute approximate surface area is 198 Å². The van der Waals surface area contributed by atoms with Gasteiger partial charge in [0.05, 0.1) is 6.61 Å². The van der Waals surface area contributed by atoms with Gasteiger partial charge in [-0.05, 0) is 24.0 Å². The second-order valence-electron chi connectivity index (χ2n) is 8.06. The Balaban J connectivity index is 1.58. The molecule has 0 spiro atoms. The van der Waals surface area contributed by atoms with Crippen molar-refractivity contribution in [3.05, 3.63) is 77.5 Å². The number of hydrogen-bond acceptors (Lipinski definition) is 8. The molecule has 1 fully saturated rings. The highest BCUT2D eigenvalue weighted by Crippen LogP contribution is 2.44. The van der Waals surface area contributed by atoms with E-state index in [9.17, 15) is 18.0 Å². The van der Waals surface area contributed by atoms with Gasteiger partial charge in [-0.1, -0.05) is 74.5 Å². The molecule has 2 aliphatic heterocycles. The summed E-state index contributed by atoms with van der Waals surface area (Å²) in [5.74, 6) is -2.08. The van der Waals surface area contributed by atoms with Gasteiger partial charge < -0.3 is 18.9 Å². The Bertz CT molecular complexity index is 1180. The third-order valence-corrected chi connectivity index (χ3v) is 8.06. The minimum Gasteiger partial charge on any atom is -0.431 e. The topological polar surface area (TPSA) is 105 Å². The zero-order valence-corrected chi connectivity index (χ0v) is 19.7. The number of ether oxygens (including phenoxy) is 4. The first-order chi connectivity index (χ1) is 16.3. The molecule has 4 rings (SSSR count). The zero-order chi connectivity index (χ0) is 24.3. The monoisotopic (exact) mass is 486 g/mol. The van der Waals surface area contributed by atoms with Crippen molar-refractivity contribution in [1.82, 2.24) is 0 Å². The van der Waals surface area contributed by atoms with E-state index in [4.69, 9.17) is 18.9 Å². The van der Waals surface area contributed by atoms with Gasteiger partial charge in [-0.2, -0.15) is 0 Å². The molecule has 0 saturated carbocycles. The second kappa shape index (κ2) is 9.69. The highest BCUT2D eigenvalue weighted by atomic mass is 32.2. The lowest BCUT2D eigenvalue weighted by Crippen LogP contribution is -2.30. The van der Waals surface area contributed by atoms with Crippen molar-refractivity contribution in [3.63, 3.8) is 0 Å². The van der Waals surface area contributed by atoms with Crippen molar-refractivity contribution in [2.24, 2.45) is 0 Å². The van der Waals surface area contributed by atoms with Gasteiger partial charge in [-0.25, -0.2) is 13.2 Å². The zero-order valence-electron chi connectivity index (χ0n) is 18.9. The quantitative estimate of drug-likeness (QED) is 0.537. The summed E-state index contributed by atoms with van der Waals surface area (Å²) in [5, 5.41) is -1.51. The van der Waals surface area contributed by atoms with E-state index >= 15 is 0 Å². The Morgan fingerprint density at radius 2 is 1.65 bits per heavy atom. The fraction of sp³-hybridized carbons (Fsp3) is 0.360. The first-order valence-corrected chi connectivity index (χ1v) is 12.6. The van der Waals surface area contributed by atoms with E-state index in [-0.39, 0.29) is 23.7 Å². The van der Waals surface area contributed by atoms with E-state index in [0.717, 1.165) is 0 Å². The molecule has 0 bridgehead atoms. The lowest BCUT2D eigenvalue weighted by atomic mass is 10.1. The predicted octanol–water partition coefficient (Wildman–Crippen LogP) is 4.18. The molecule has 0 N–H and O–H groups in total. The van der Waals surface area contributed by atoms with Crippen LogP contribution in [0.5, 0.6) is 0 Å². The molecule has 9 heteroatoms. The van der Waals surface area contributed by atoms with Crippen LogP contribution in [-0.2, 0) is 33.6 Å². The van der Waals surface area contributed by atoms with Crippen LogP contribution in [-0.4, -0.2) is 45.5 Å². The maximum atomic E-state index is 13.5. The summed E-state index contributed by atoms with van der Waals surface area (Å²) >= 11 is 0. The Morgan fingerprint density at radius 3 is 2.24 bits per heavy atom. The first kappa shape index (κ1) is 24.1. The number of ketones is 1. The van der Waals surface area contributed by atoms with E-state index in [1.807, 2.05) is 13.8 Å². The lowest BCUT2D eigenvalue weighted by molar-refractivity contribution is -0.175. The molecule has 0 aromatic heterocycles. The summed E-state index contributed by atoms with van der Waals surface area (Å²) in [7, 11) is -4.18. The van der Waals surface area contributed by atoms with Crippen molar-refractivity contribution in [2.75, 3.05) is 13.2 Å². The summed E-state index contributed by atoms with van der Waals surface area (Å²) in [5.41, 5.74) is 0.542. The van der Waals surface area contributed by atoms with Crippen LogP contribution >= 0.6 is 0 Å². The number of rotatable bonds is 7. The summed E-state index contributed by atoms with van der Waals surface area (Å²) in [4.78, 5) is 25.4. The number of sulfone groups is 1. The molecule has 180 valence electrons. The molecule has 0 aliphatic carbocycles. The van der Waals surface area contributed by atoms with Crippen molar-refractivity contribution < 1.29 is 37.0 Å². The molecule has 2 heterocycles. The number of carbonyl (C=O) groups excluding carboxylic acids is 2. The lowest BCUT2D eigenvalue weighted by Gasteiger charge is -2.24. The van der Waals surface area contributed by atoms with Gasteiger partial charge in [-0.3, -0.25) is 4.79 Å². The largest absolute Gasteiger partial charge is 0.514 e. The van der Waals surface area contributed by atoms with E-state index in [1.54, 1.807) is 60.7 Å². The molecule has 8 nitrogen and oxygen atoms in total. The van der Waals surface area contributed by atoms with E-state index < -0.39 is 44.7 Å². The Morgan fingerprint density at radius 1 is 1.03 bits per heavy atom. The summed E-state index contributed by atoms with van der Waals surface area (Å²) in [6.07, 6.45) is -0.388. The molecule has 2 aliphatic rings. The highest BCUT2D eigenvalue weighted by Gasteiger charge is 2.50. The molecule has 2 aromatic carbocycles. The molecule has 0 radical (unpaired) electrons. The molecular formula is C25H26O8S. The molecule has 34 heavy (non-hydrogen) atoms. The van der Waals surface area contributed by atoms with Crippen molar-refractivity contribution in [2.45, 2.75) is 43.8 Å². The molecule has 2 atom stereocenters. The summed E-state index contributed by atoms with van der Waals surface area (Å²) < 4.78 is 48.9. The Hall–Kier alpha value is -3.01. The van der Waals surface area contributed by atoms with Crippen molar-refractivity contribution in [1.29, 1.82) is 0 Å². The predicted molar refractivity (Wildman–Crippen MR) is 123 cm³/mol. The van der Waals surface area contributed by atoms with Gasteiger partial charge in [0.15, 0.2) is 26.6 Å². The van der Waals surface area contributed by atoms with Crippen LogP contribution in [0.3, 0.4) is 0 Å². The average molecular weight is 487 g/mol. The van der Waals surface area contributed by atoms with E-state index in [1.165, 1.54) is 0 Å². The van der Waals surface area contributed by atoms with Gasteiger partial charge >= 0.3 is 6.16 Å². The van der Waals surface area contributed by atoms with Crippen molar-refractivity contribution in [3.8, 4) is 0 Å². The van der Waals surface area contributed by atoms with Crippen LogP contribution in [0, 0.1) is 0 Å². The van der Waals surface area contributed by atoms with Crippen LogP contribution in [0.1, 0.15) is 43.1 Å². The van der Waals surface area contributed by atoms with E-state index in [2.05, 4.69) is 0 Å². The average Bonchev–Trinajstić information content (AvgIpc) is 3.35. The smallest absolute Gasteiger partial charge is 0.431 e. The van der Waals surface area contributed by atoms with Gasteiger partial charge in [0.1, 0.15) is 17.6 Å². The summed E-state index contributed by atoms with van der Waals surface area (Å²) in [6.45, 7) is 3.97. The number of hydrogen-bond donors (Lipinski definition) is 0. The van der Waals surface area contributed by atoms with Gasteiger partial charge in [0.2, 0.25) is 5.78 Å². The number of benzene rings is 2. The molecular weight excluding hydrogens is 460 g/mol. The van der Waals surface area contributed by atoms with Crippen LogP contribution in [0.2, 0.25) is 0 Å². The maximum absolute atomic E-state index is 13.5. The summed E-state index contributed by atoms with van der Waals surface area (Å²) in [6, 6.07) is 16.2. The molecule has 2 aromatic rings. The molecule has 2 unspecified atom stereocenters. The SMILES string of the molecule is CCC1(CC)OCC(COC(=O)OC2=C(c3ccccc3)S(=O)(=O)C(c3ccccc3)C2=O)O1. The maximum Gasteiger partial charge on any atom is 0.514 e. The number of Topliss-reactive ketones (excluding diaryl/α,β-unsaturated/α-hetero) is 1. The van der Waals surface area contributed by atoms with Gasteiger partial charge in [0.25, 0.3) is 0 Å². The fourth-order valence-electron chi connectivity index (χ4n) is 4.15. The third kappa shape index (κ3) is 4.51. The Kier molecular flexibility index (Phi) is 6.88. The molecule has 1 saturated heterocycles. The standard InChI is InChI=1S/C25H26O8S/c1-3-25(4-2)31-16-19(33-25)15-30-24(27)32-21-20(26)22(17-11-7-5-8-12-17)34(28,29)23(21)18-13-9-6-10-14-18/h5-14,19,22H,3-4,15-16H2,1-2H3. The van der Waals surface area contributed by atoms with Crippen LogP contribution in [0.4, 0.5) is 4.79 Å². The van der Waals surface area contributed by atoms with Crippen LogP contribution in [0.25, 0.3) is 4.91 Å². The minimum atomic E-state index is -4.18. The fourth-order valence-corrected chi connectivity index (χ4v) is 6.16. The molecule has 0 amide bonds. The number of carbonyl (C=O) groups is 2. The third-order valence-electron chi connectivity index (χ3n) is 5.96. The van der Waals surface area contributed by atoms with Gasteiger partial charge in [0, 0.05) is 0 Å². The normalized spacial score (nSPS) is 23.2. The van der Waals surface area contributed by atoms with Crippen LogP contribution < -0.4 is 0 Å². The second-order valence-corrected chi connectivity index (χ2v) is 10.0. The highest BCUT2D eigenvalue weighted by molar-refractivity contribution is 8.02.